The van der Waals surface area contributed by atoms with Crippen LogP contribution in [-0.2, 0) is 0 Å². The summed E-state index contributed by atoms with van der Waals surface area (Å²) in [6, 6.07) is 22.7. The minimum atomic E-state index is -0.749. The number of nitrogens with zero attached hydrogens (tertiary/aromatic N) is 2. The van der Waals surface area contributed by atoms with Gasteiger partial charge in [-0.15, -0.1) is 22.7 Å². The number of para-hydroxylation sites is 1. The van der Waals surface area contributed by atoms with Crippen LogP contribution >= 0.6 is 45.9 Å². The van der Waals surface area contributed by atoms with Crippen LogP contribution in [0.25, 0.3) is 20.2 Å². The van der Waals surface area contributed by atoms with Crippen LogP contribution in [-0.4, -0.2) is 28.9 Å². The third-order valence-corrected chi connectivity index (χ3v) is 10.2. The number of esters is 1. The average molecular weight is 704 g/mol. The lowest BCUT2D eigenvalue weighted by molar-refractivity contribution is -0.384. The molecular formula is C33H20Cl2N4O6S2. The number of hydrogen-bond acceptors (Lipinski definition) is 9. The van der Waals surface area contributed by atoms with Gasteiger partial charge in [-0.2, -0.15) is 5.10 Å². The lowest BCUT2D eigenvalue weighted by Crippen LogP contribution is -2.18. The van der Waals surface area contributed by atoms with Crippen molar-refractivity contribution in [3.05, 3.63) is 132 Å². The number of benzene rings is 4. The Morgan fingerprint density at radius 1 is 0.851 bits per heavy atom. The van der Waals surface area contributed by atoms with Crippen molar-refractivity contribution in [3.8, 4) is 5.75 Å². The molecule has 0 unspecified atom stereocenters. The fourth-order valence-corrected chi connectivity index (χ4v) is 7.49. The number of nitrogens with one attached hydrogen (secondary N) is 2. The Kier molecular flexibility index (Phi) is 9.01. The van der Waals surface area contributed by atoms with E-state index >= 15 is 0 Å². The normalized spacial score (nSPS) is 11.2. The maximum Gasteiger partial charge on any atom is 0.355 e. The van der Waals surface area contributed by atoms with Gasteiger partial charge in [0.05, 0.1) is 21.2 Å². The average Bonchev–Trinajstić information content (AvgIpc) is 3.57. The van der Waals surface area contributed by atoms with Gasteiger partial charge in [0, 0.05) is 49.1 Å². The van der Waals surface area contributed by atoms with E-state index in [1.54, 1.807) is 36.4 Å². The summed E-state index contributed by atoms with van der Waals surface area (Å²) < 4.78 is 6.97. The van der Waals surface area contributed by atoms with Gasteiger partial charge in [-0.05, 0) is 61.0 Å². The van der Waals surface area contributed by atoms with Crippen LogP contribution in [0.2, 0.25) is 10.0 Å². The van der Waals surface area contributed by atoms with E-state index in [1.807, 2.05) is 25.1 Å². The molecule has 2 amide bonds. The van der Waals surface area contributed by atoms with Gasteiger partial charge in [0.1, 0.15) is 15.5 Å². The molecule has 4 aromatic carbocycles. The first kappa shape index (κ1) is 31.8. The van der Waals surface area contributed by atoms with E-state index in [2.05, 4.69) is 15.8 Å². The van der Waals surface area contributed by atoms with Crippen LogP contribution < -0.4 is 15.5 Å². The number of amides is 2. The van der Waals surface area contributed by atoms with E-state index in [1.165, 1.54) is 47.9 Å². The predicted octanol–water partition coefficient (Wildman–Crippen LogP) is 8.87. The SMILES string of the molecule is Cc1ccc2c(Cl)c(C(=O)Nc3ccc(C(=O)N/N=C\c4ccccc4OC(=O)c4sc5cc([N+](=O)[O-])ccc5c4Cl)cc3)sc2c1. The second-order valence-electron chi connectivity index (χ2n) is 10.1. The molecule has 14 heteroatoms. The Bertz CT molecular complexity index is 2260. The van der Waals surface area contributed by atoms with Crippen LogP contribution in [0.5, 0.6) is 5.75 Å². The number of fused-ring (bicyclic) bond motifs is 2. The molecule has 0 spiro atoms. The zero-order valence-corrected chi connectivity index (χ0v) is 27.2. The zero-order valence-electron chi connectivity index (χ0n) is 24.1. The van der Waals surface area contributed by atoms with Gasteiger partial charge in [-0.3, -0.25) is 19.7 Å². The maximum absolute atomic E-state index is 13.0. The van der Waals surface area contributed by atoms with E-state index in [9.17, 15) is 24.5 Å². The van der Waals surface area contributed by atoms with Crippen LogP contribution in [0.15, 0.2) is 90.0 Å². The van der Waals surface area contributed by atoms with Crippen molar-refractivity contribution in [1.82, 2.24) is 5.43 Å². The van der Waals surface area contributed by atoms with Crippen molar-refractivity contribution in [2.24, 2.45) is 5.10 Å². The molecule has 2 heterocycles. The number of non-ortho nitro benzene ring substituents is 1. The number of nitro benzene ring substituents is 1. The Balaban J connectivity index is 1.09. The summed E-state index contributed by atoms with van der Waals surface area (Å²) in [6.45, 7) is 1.97. The fraction of sp³-hybridized carbons (Fsp3) is 0.0303. The number of hydrazone groups is 1. The number of aryl methyl sites for hydroxylation is 1. The molecule has 0 saturated carbocycles. The lowest BCUT2D eigenvalue weighted by atomic mass is 10.2. The first-order chi connectivity index (χ1) is 22.6. The molecule has 0 bridgehead atoms. The number of halogens is 2. The van der Waals surface area contributed by atoms with Crippen molar-refractivity contribution in [2.75, 3.05) is 5.32 Å². The molecule has 47 heavy (non-hydrogen) atoms. The molecule has 10 nitrogen and oxygen atoms in total. The van der Waals surface area contributed by atoms with E-state index in [4.69, 9.17) is 27.9 Å². The van der Waals surface area contributed by atoms with Gasteiger partial charge < -0.3 is 10.1 Å². The largest absolute Gasteiger partial charge is 0.422 e. The highest BCUT2D eigenvalue weighted by atomic mass is 35.5. The van der Waals surface area contributed by atoms with E-state index in [0.717, 1.165) is 27.0 Å². The summed E-state index contributed by atoms with van der Waals surface area (Å²) in [5, 5.41) is 19.8. The van der Waals surface area contributed by atoms with Gasteiger partial charge in [0.2, 0.25) is 0 Å². The number of carbonyl (C=O) groups is 3. The Labute approximate surface area is 284 Å². The highest BCUT2D eigenvalue weighted by Crippen LogP contribution is 2.38. The van der Waals surface area contributed by atoms with Crippen molar-refractivity contribution in [2.45, 2.75) is 6.92 Å². The number of anilines is 1. The molecule has 0 aliphatic heterocycles. The molecule has 6 aromatic rings. The topological polar surface area (TPSA) is 140 Å². The number of nitro groups is 1. The standard InChI is InChI=1S/C33H20Cl2N4O6S2/c1-17-6-12-22-25(14-17)46-29(27(22)34)32(41)37-20-9-7-18(8-10-20)31(40)38-36-16-19-4-2-3-5-24(19)45-33(42)30-28(35)23-13-11-21(39(43)44)15-26(23)47-30/h2-16H,1H3,(H,37,41)(H,38,40)/b36-16-. The second kappa shape index (κ2) is 13.3. The Hall–Kier alpha value is -5.14. The maximum atomic E-state index is 13.0. The molecule has 6 rings (SSSR count). The summed E-state index contributed by atoms with van der Waals surface area (Å²) in [7, 11) is 0. The van der Waals surface area contributed by atoms with Gasteiger partial charge in [0.15, 0.2) is 0 Å². The summed E-state index contributed by atoms with van der Waals surface area (Å²) in [5.74, 6) is -1.46. The summed E-state index contributed by atoms with van der Waals surface area (Å²) in [5.41, 5.74) is 4.53. The molecule has 234 valence electrons. The Morgan fingerprint density at radius 3 is 2.26 bits per heavy atom. The molecule has 0 aliphatic rings. The van der Waals surface area contributed by atoms with Gasteiger partial charge in [0.25, 0.3) is 17.5 Å². The number of carbonyl (C=O) groups excluding carboxylic acids is 3. The number of hydrogen-bond donors (Lipinski definition) is 2. The van der Waals surface area contributed by atoms with Crippen LogP contribution in [0.3, 0.4) is 0 Å². The number of ether oxygens (including phenoxy) is 1. The van der Waals surface area contributed by atoms with Crippen molar-refractivity contribution >= 4 is 101 Å². The fourth-order valence-electron chi connectivity index (χ4n) is 4.56. The molecule has 2 N–H and O–H groups in total. The highest BCUT2D eigenvalue weighted by molar-refractivity contribution is 7.22. The highest BCUT2D eigenvalue weighted by Gasteiger charge is 2.22. The molecular weight excluding hydrogens is 683 g/mol. The monoisotopic (exact) mass is 702 g/mol. The second-order valence-corrected chi connectivity index (χ2v) is 12.9. The van der Waals surface area contributed by atoms with Crippen molar-refractivity contribution in [1.29, 1.82) is 0 Å². The quantitative estimate of drug-likeness (QED) is 0.0534. The molecule has 0 radical (unpaired) electrons. The predicted molar refractivity (Wildman–Crippen MR) is 186 cm³/mol. The van der Waals surface area contributed by atoms with Gasteiger partial charge >= 0.3 is 5.97 Å². The third-order valence-electron chi connectivity index (χ3n) is 6.90. The first-order valence-corrected chi connectivity index (χ1v) is 16.1. The zero-order chi connectivity index (χ0) is 33.2. The summed E-state index contributed by atoms with van der Waals surface area (Å²) in [4.78, 5) is 49.7. The minimum absolute atomic E-state index is 0.0869. The Morgan fingerprint density at radius 2 is 1.51 bits per heavy atom. The van der Waals surface area contributed by atoms with Crippen molar-refractivity contribution in [3.63, 3.8) is 0 Å². The molecule has 2 aromatic heterocycles. The molecule has 0 fully saturated rings. The van der Waals surface area contributed by atoms with Crippen LogP contribution in [0.4, 0.5) is 11.4 Å². The molecule has 0 saturated heterocycles. The first-order valence-electron chi connectivity index (χ1n) is 13.7. The number of thiophene rings is 2. The number of rotatable bonds is 8. The van der Waals surface area contributed by atoms with Gasteiger partial charge in [-0.1, -0.05) is 47.5 Å². The van der Waals surface area contributed by atoms with E-state index < -0.39 is 16.8 Å². The smallest absolute Gasteiger partial charge is 0.355 e. The van der Waals surface area contributed by atoms with Crippen molar-refractivity contribution < 1.29 is 24.0 Å². The lowest BCUT2D eigenvalue weighted by Gasteiger charge is -2.07. The van der Waals surface area contributed by atoms with Crippen LogP contribution in [0.1, 0.15) is 40.8 Å². The van der Waals surface area contributed by atoms with E-state index in [-0.39, 0.29) is 32.8 Å². The summed E-state index contributed by atoms with van der Waals surface area (Å²) >= 11 is 15.1. The molecule has 0 aliphatic carbocycles. The third kappa shape index (κ3) is 6.71. The van der Waals surface area contributed by atoms with E-state index in [0.29, 0.717) is 31.2 Å². The van der Waals surface area contributed by atoms with Crippen LogP contribution in [0, 0.1) is 17.0 Å². The minimum Gasteiger partial charge on any atom is -0.422 e. The summed E-state index contributed by atoms with van der Waals surface area (Å²) in [6.07, 6.45) is 1.32. The van der Waals surface area contributed by atoms with Gasteiger partial charge in [-0.25, -0.2) is 10.2 Å². The molecule has 0 atom stereocenters.